The molecule has 0 saturated heterocycles. The predicted molar refractivity (Wildman–Crippen MR) is 57.1 cm³/mol. The molecule has 0 aliphatic rings. The largest absolute Gasteiger partial charge is 0.341 e. The summed E-state index contributed by atoms with van der Waals surface area (Å²) in [4.78, 5) is 11.2. The van der Waals surface area contributed by atoms with Gasteiger partial charge in [-0.25, -0.2) is 4.79 Å². The van der Waals surface area contributed by atoms with E-state index in [-0.39, 0.29) is 11.6 Å². The number of nitrogens with one attached hydrogen (secondary N) is 2. The average Bonchev–Trinajstić information content (AvgIpc) is 2.18. The van der Waals surface area contributed by atoms with Gasteiger partial charge in [0.25, 0.3) is 0 Å². The second-order valence-corrected chi connectivity index (χ2v) is 3.70. The van der Waals surface area contributed by atoms with Crippen molar-refractivity contribution < 1.29 is 4.79 Å². The monoisotopic (exact) mass is 192 g/mol. The van der Waals surface area contributed by atoms with E-state index in [1.54, 1.807) is 7.05 Å². The number of amides is 2. The normalized spacial score (nSPS) is 10.8. The van der Waals surface area contributed by atoms with Crippen LogP contribution in [0.4, 0.5) is 4.79 Å². The van der Waals surface area contributed by atoms with Gasteiger partial charge >= 0.3 is 6.03 Å². The highest BCUT2D eigenvalue weighted by atomic mass is 16.2. The SMILES string of the molecule is CNC(=O)NC(C)(C)c1ccccc1. The van der Waals surface area contributed by atoms with Gasteiger partial charge in [-0.05, 0) is 19.4 Å². The lowest BCUT2D eigenvalue weighted by Crippen LogP contribution is -2.45. The Morgan fingerprint density at radius 3 is 2.29 bits per heavy atom. The molecule has 0 atom stereocenters. The molecular formula is C11H16N2O. The van der Waals surface area contributed by atoms with E-state index in [1.807, 2.05) is 44.2 Å². The molecule has 2 N–H and O–H groups in total. The lowest BCUT2D eigenvalue weighted by molar-refractivity contribution is 0.232. The number of hydrogen-bond donors (Lipinski definition) is 2. The van der Waals surface area contributed by atoms with E-state index in [0.717, 1.165) is 5.56 Å². The fraction of sp³-hybridized carbons (Fsp3) is 0.364. The van der Waals surface area contributed by atoms with Crippen molar-refractivity contribution in [3.8, 4) is 0 Å². The van der Waals surface area contributed by atoms with Crippen LogP contribution in [0.2, 0.25) is 0 Å². The van der Waals surface area contributed by atoms with Crippen LogP contribution in [-0.4, -0.2) is 13.1 Å². The third kappa shape index (κ3) is 2.49. The highest BCUT2D eigenvalue weighted by Crippen LogP contribution is 2.18. The van der Waals surface area contributed by atoms with E-state index in [4.69, 9.17) is 0 Å². The molecular weight excluding hydrogens is 176 g/mol. The number of hydrogen-bond acceptors (Lipinski definition) is 1. The number of urea groups is 1. The first-order valence-corrected chi connectivity index (χ1v) is 4.61. The van der Waals surface area contributed by atoms with E-state index in [0.29, 0.717) is 0 Å². The summed E-state index contributed by atoms with van der Waals surface area (Å²) in [6, 6.07) is 9.70. The van der Waals surface area contributed by atoms with Crippen molar-refractivity contribution in [1.29, 1.82) is 0 Å². The fourth-order valence-electron chi connectivity index (χ4n) is 1.27. The topological polar surface area (TPSA) is 41.1 Å². The highest BCUT2D eigenvalue weighted by molar-refractivity contribution is 5.74. The van der Waals surface area contributed by atoms with Crippen molar-refractivity contribution in [2.45, 2.75) is 19.4 Å². The molecule has 1 aromatic rings. The molecule has 0 radical (unpaired) electrons. The lowest BCUT2D eigenvalue weighted by atomic mass is 9.95. The van der Waals surface area contributed by atoms with Crippen molar-refractivity contribution in [1.82, 2.24) is 10.6 Å². The van der Waals surface area contributed by atoms with Crippen LogP contribution in [0.1, 0.15) is 19.4 Å². The first kappa shape index (κ1) is 10.6. The Balaban J connectivity index is 2.80. The maximum atomic E-state index is 11.2. The zero-order valence-electron chi connectivity index (χ0n) is 8.79. The molecule has 3 heteroatoms. The average molecular weight is 192 g/mol. The number of benzene rings is 1. The van der Waals surface area contributed by atoms with Crippen LogP contribution in [0.25, 0.3) is 0 Å². The number of carbonyl (C=O) groups is 1. The fourth-order valence-corrected chi connectivity index (χ4v) is 1.27. The molecule has 14 heavy (non-hydrogen) atoms. The molecule has 0 bridgehead atoms. The molecule has 2 amide bonds. The lowest BCUT2D eigenvalue weighted by Gasteiger charge is -2.26. The summed E-state index contributed by atoms with van der Waals surface area (Å²) in [6.45, 7) is 3.94. The van der Waals surface area contributed by atoms with Gasteiger partial charge in [0, 0.05) is 7.05 Å². The van der Waals surface area contributed by atoms with Crippen molar-refractivity contribution in [3.05, 3.63) is 35.9 Å². The van der Waals surface area contributed by atoms with Crippen LogP contribution in [0.3, 0.4) is 0 Å². The standard InChI is InChI=1S/C11H16N2O/c1-11(2,13-10(14)12-3)9-7-5-4-6-8-9/h4-8H,1-3H3,(H2,12,13,14). The minimum Gasteiger partial charge on any atom is -0.341 e. The third-order valence-electron chi connectivity index (χ3n) is 2.15. The van der Waals surface area contributed by atoms with Gasteiger partial charge in [0.2, 0.25) is 0 Å². The van der Waals surface area contributed by atoms with Crippen molar-refractivity contribution >= 4 is 6.03 Å². The Labute approximate surface area is 84.5 Å². The van der Waals surface area contributed by atoms with Crippen molar-refractivity contribution in [2.75, 3.05) is 7.05 Å². The molecule has 0 aromatic heterocycles. The Morgan fingerprint density at radius 2 is 1.79 bits per heavy atom. The van der Waals surface area contributed by atoms with Gasteiger partial charge in [-0.3, -0.25) is 0 Å². The smallest absolute Gasteiger partial charge is 0.315 e. The molecule has 0 unspecified atom stereocenters. The minimum absolute atomic E-state index is 0.168. The van der Waals surface area contributed by atoms with Crippen molar-refractivity contribution in [3.63, 3.8) is 0 Å². The zero-order chi connectivity index (χ0) is 10.6. The summed E-state index contributed by atoms with van der Waals surface area (Å²) in [6.07, 6.45) is 0. The van der Waals surface area contributed by atoms with Gasteiger partial charge in [-0.1, -0.05) is 30.3 Å². The van der Waals surface area contributed by atoms with E-state index in [9.17, 15) is 4.79 Å². The minimum atomic E-state index is -0.346. The van der Waals surface area contributed by atoms with Gasteiger partial charge in [-0.2, -0.15) is 0 Å². The van der Waals surface area contributed by atoms with Gasteiger partial charge < -0.3 is 10.6 Å². The van der Waals surface area contributed by atoms with Gasteiger partial charge in [0.1, 0.15) is 0 Å². The molecule has 1 rings (SSSR count). The summed E-state index contributed by atoms with van der Waals surface area (Å²) in [5.74, 6) is 0. The quantitative estimate of drug-likeness (QED) is 0.737. The van der Waals surface area contributed by atoms with Crippen LogP contribution in [0.5, 0.6) is 0 Å². The molecule has 0 saturated carbocycles. The van der Waals surface area contributed by atoms with Crippen LogP contribution in [0.15, 0.2) is 30.3 Å². The summed E-state index contributed by atoms with van der Waals surface area (Å²) < 4.78 is 0. The highest BCUT2D eigenvalue weighted by Gasteiger charge is 2.21. The van der Waals surface area contributed by atoms with E-state index < -0.39 is 0 Å². The summed E-state index contributed by atoms with van der Waals surface area (Å²) >= 11 is 0. The molecule has 76 valence electrons. The Morgan fingerprint density at radius 1 is 1.21 bits per heavy atom. The third-order valence-corrected chi connectivity index (χ3v) is 2.15. The van der Waals surface area contributed by atoms with E-state index in [2.05, 4.69) is 10.6 Å². The molecule has 3 nitrogen and oxygen atoms in total. The molecule has 0 fully saturated rings. The molecule has 0 aliphatic carbocycles. The van der Waals surface area contributed by atoms with E-state index in [1.165, 1.54) is 0 Å². The van der Waals surface area contributed by atoms with Crippen LogP contribution in [-0.2, 0) is 5.54 Å². The summed E-state index contributed by atoms with van der Waals surface area (Å²) in [5.41, 5.74) is 0.741. The first-order valence-electron chi connectivity index (χ1n) is 4.61. The van der Waals surface area contributed by atoms with Crippen LogP contribution < -0.4 is 10.6 Å². The molecule has 0 aliphatic heterocycles. The summed E-state index contributed by atoms with van der Waals surface area (Å²) in [7, 11) is 1.61. The van der Waals surface area contributed by atoms with Gasteiger partial charge in [-0.15, -0.1) is 0 Å². The zero-order valence-corrected chi connectivity index (χ0v) is 8.79. The second kappa shape index (κ2) is 4.13. The van der Waals surface area contributed by atoms with Crippen LogP contribution in [0, 0.1) is 0 Å². The predicted octanol–water partition coefficient (Wildman–Crippen LogP) is 1.85. The first-order chi connectivity index (χ1) is 6.56. The van der Waals surface area contributed by atoms with Gasteiger partial charge in [0.05, 0.1) is 5.54 Å². The molecule has 1 aromatic carbocycles. The van der Waals surface area contributed by atoms with Crippen molar-refractivity contribution in [2.24, 2.45) is 0 Å². The Hall–Kier alpha value is -1.51. The maximum Gasteiger partial charge on any atom is 0.315 e. The Bertz CT molecular complexity index is 306. The number of carbonyl (C=O) groups excluding carboxylic acids is 1. The maximum absolute atomic E-state index is 11.2. The van der Waals surface area contributed by atoms with Gasteiger partial charge in [0.15, 0.2) is 0 Å². The molecule has 0 heterocycles. The molecule has 0 spiro atoms. The van der Waals surface area contributed by atoms with E-state index >= 15 is 0 Å². The number of rotatable bonds is 2. The summed E-state index contributed by atoms with van der Waals surface area (Å²) in [5, 5.41) is 5.41. The Kier molecular flexibility index (Phi) is 3.12. The second-order valence-electron chi connectivity index (χ2n) is 3.70. The van der Waals surface area contributed by atoms with Crippen LogP contribution >= 0.6 is 0 Å².